The van der Waals surface area contributed by atoms with E-state index in [-0.39, 0.29) is 5.56 Å². The van der Waals surface area contributed by atoms with Crippen molar-refractivity contribution < 1.29 is 14.3 Å². The summed E-state index contributed by atoms with van der Waals surface area (Å²) >= 11 is 0. The van der Waals surface area contributed by atoms with Crippen molar-refractivity contribution in [1.29, 1.82) is 0 Å². The predicted octanol–water partition coefficient (Wildman–Crippen LogP) is 1.66. The highest BCUT2D eigenvalue weighted by molar-refractivity contribution is 5.95. The summed E-state index contributed by atoms with van der Waals surface area (Å²) in [4.78, 5) is 37.4. The van der Waals surface area contributed by atoms with Crippen LogP contribution in [0.15, 0.2) is 41.3 Å². The van der Waals surface area contributed by atoms with Gasteiger partial charge in [0.1, 0.15) is 5.56 Å². The standard InChI is InChI=1S/C17H16N2O4/c20-15(10-23-17(22)14-5-2-8-18-16(14)21)19-13-7-6-11-3-1-4-12(11)9-13/h2,5-9H,1,3-4,10H2,(H,18,21)(H,19,20). The molecular formula is C17H16N2O4. The van der Waals surface area contributed by atoms with Gasteiger partial charge in [-0.1, -0.05) is 6.07 Å². The Bertz CT molecular complexity index is 810. The van der Waals surface area contributed by atoms with Gasteiger partial charge in [-0.3, -0.25) is 9.59 Å². The molecule has 0 bridgehead atoms. The van der Waals surface area contributed by atoms with Gasteiger partial charge in [-0.15, -0.1) is 0 Å². The third kappa shape index (κ3) is 3.48. The Kier molecular flexibility index (Phi) is 4.23. The highest BCUT2D eigenvalue weighted by Gasteiger charge is 2.15. The molecule has 2 N–H and O–H groups in total. The number of nitrogens with one attached hydrogen (secondary N) is 2. The molecule has 0 atom stereocenters. The number of ether oxygens (including phenoxy) is 1. The number of esters is 1. The number of carbonyl (C=O) groups excluding carboxylic acids is 2. The molecule has 2 aromatic rings. The fourth-order valence-corrected chi connectivity index (χ4v) is 2.64. The number of pyridine rings is 1. The first kappa shape index (κ1) is 15.0. The molecule has 23 heavy (non-hydrogen) atoms. The maximum Gasteiger partial charge on any atom is 0.344 e. The molecule has 1 heterocycles. The fraction of sp³-hybridized carbons (Fsp3) is 0.235. The quantitative estimate of drug-likeness (QED) is 0.840. The Labute approximate surface area is 132 Å². The highest BCUT2D eigenvalue weighted by atomic mass is 16.5. The van der Waals surface area contributed by atoms with Crippen LogP contribution in [-0.4, -0.2) is 23.5 Å². The van der Waals surface area contributed by atoms with Gasteiger partial charge in [0, 0.05) is 11.9 Å². The molecule has 0 radical (unpaired) electrons. The van der Waals surface area contributed by atoms with Crippen LogP contribution in [0.1, 0.15) is 27.9 Å². The van der Waals surface area contributed by atoms with Crippen LogP contribution in [0.4, 0.5) is 5.69 Å². The number of amides is 1. The van der Waals surface area contributed by atoms with Crippen molar-refractivity contribution in [1.82, 2.24) is 4.98 Å². The van der Waals surface area contributed by atoms with E-state index in [1.807, 2.05) is 18.2 Å². The second-order valence-corrected chi connectivity index (χ2v) is 5.37. The smallest absolute Gasteiger partial charge is 0.344 e. The van der Waals surface area contributed by atoms with Gasteiger partial charge in [0.2, 0.25) is 0 Å². The second-order valence-electron chi connectivity index (χ2n) is 5.37. The molecule has 0 saturated carbocycles. The van der Waals surface area contributed by atoms with Gasteiger partial charge in [-0.2, -0.15) is 0 Å². The van der Waals surface area contributed by atoms with Gasteiger partial charge in [0.25, 0.3) is 11.5 Å². The van der Waals surface area contributed by atoms with Gasteiger partial charge in [0.15, 0.2) is 6.61 Å². The van der Waals surface area contributed by atoms with Gasteiger partial charge in [-0.25, -0.2) is 4.79 Å². The van der Waals surface area contributed by atoms with Crippen LogP contribution in [0, 0.1) is 0 Å². The lowest BCUT2D eigenvalue weighted by atomic mass is 10.1. The average Bonchev–Trinajstić information content (AvgIpc) is 3.01. The molecule has 6 heteroatoms. The van der Waals surface area contributed by atoms with Crippen LogP contribution in [0.25, 0.3) is 0 Å². The topological polar surface area (TPSA) is 88.3 Å². The first-order valence-electron chi connectivity index (χ1n) is 7.40. The van der Waals surface area contributed by atoms with Crippen LogP contribution in [-0.2, 0) is 22.4 Å². The lowest BCUT2D eigenvalue weighted by molar-refractivity contribution is -0.119. The van der Waals surface area contributed by atoms with Gasteiger partial charge >= 0.3 is 5.97 Å². The number of rotatable bonds is 4. The molecule has 0 fully saturated rings. The van der Waals surface area contributed by atoms with Crippen LogP contribution in [0.2, 0.25) is 0 Å². The molecule has 6 nitrogen and oxygen atoms in total. The first-order chi connectivity index (χ1) is 11.1. The Hall–Kier alpha value is -2.89. The molecule has 1 aliphatic rings. The molecule has 1 aliphatic carbocycles. The maximum atomic E-state index is 11.9. The Morgan fingerprint density at radius 3 is 2.83 bits per heavy atom. The van der Waals surface area contributed by atoms with E-state index in [2.05, 4.69) is 10.3 Å². The third-order valence-electron chi connectivity index (χ3n) is 3.75. The number of aromatic nitrogens is 1. The van der Waals surface area contributed by atoms with Crippen molar-refractivity contribution in [2.75, 3.05) is 11.9 Å². The van der Waals surface area contributed by atoms with E-state index in [9.17, 15) is 14.4 Å². The van der Waals surface area contributed by atoms with Crippen molar-refractivity contribution in [3.05, 3.63) is 63.6 Å². The van der Waals surface area contributed by atoms with Crippen molar-refractivity contribution >= 4 is 17.6 Å². The number of hydrogen-bond donors (Lipinski definition) is 2. The molecular weight excluding hydrogens is 296 g/mol. The molecule has 1 aromatic heterocycles. The van der Waals surface area contributed by atoms with E-state index in [1.165, 1.54) is 29.5 Å². The van der Waals surface area contributed by atoms with E-state index in [0.717, 1.165) is 19.3 Å². The average molecular weight is 312 g/mol. The summed E-state index contributed by atoms with van der Waals surface area (Å²) < 4.78 is 4.86. The van der Waals surface area contributed by atoms with Crippen LogP contribution in [0.5, 0.6) is 0 Å². The Balaban J connectivity index is 1.57. The molecule has 1 amide bonds. The minimum Gasteiger partial charge on any atom is -0.452 e. The molecule has 0 aliphatic heterocycles. The normalized spacial score (nSPS) is 12.5. The summed E-state index contributed by atoms with van der Waals surface area (Å²) in [5.74, 6) is -1.26. The van der Waals surface area contributed by atoms with Crippen molar-refractivity contribution in [3.63, 3.8) is 0 Å². The molecule has 3 rings (SSSR count). The third-order valence-corrected chi connectivity index (χ3v) is 3.75. The number of anilines is 1. The van der Waals surface area contributed by atoms with E-state index < -0.39 is 24.0 Å². The summed E-state index contributed by atoms with van der Waals surface area (Å²) in [6.07, 6.45) is 4.65. The second kappa shape index (κ2) is 6.48. The minimum atomic E-state index is -0.823. The van der Waals surface area contributed by atoms with Crippen molar-refractivity contribution in [3.8, 4) is 0 Å². The lowest BCUT2D eigenvalue weighted by Gasteiger charge is -2.08. The van der Waals surface area contributed by atoms with E-state index in [0.29, 0.717) is 5.69 Å². The van der Waals surface area contributed by atoms with Crippen LogP contribution in [0.3, 0.4) is 0 Å². The summed E-state index contributed by atoms with van der Waals surface area (Å²) in [7, 11) is 0. The zero-order valence-corrected chi connectivity index (χ0v) is 12.4. The number of aromatic amines is 1. The van der Waals surface area contributed by atoms with Gasteiger partial charge in [-0.05, 0) is 54.7 Å². The maximum absolute atomic E-state index is 11.9. The minimum absolute atomic E-state index is 0.127. The van der Waals surface area contributed by atoms with E-state index >= 15 is 0 Å². The zero-order valence-electron chi connectivity index (χ0n) is 12.4. The number of H-pyrrole nitrogens is 1. The number of hydrogen-bond acceptors (Lipinski definition) is 4. The number of aryl methyl sites for hydroxylation is 2. The predicted molar refractivity (Wildman–Crippen MR) is 84.4 cm³/mol. The van der Waals surface area contributed by atoms with Crippen LogP contribution < -0.4 is 10.9 Å². The van der Waals surface area contributed by atoms with Crippen molar-refractivity contribution in [2.24, 2.45) is 0 Å². The zero-order chi connectivity index (χ0) is 16.2. The molecule has 0 saturated heterocycles. The fourth-order valence-electron chi connectivity index (χ4n) is 2.64. The summed E-state index contributed by atoms with van der Waals surface area (Å²) in [5, 5.41) is 2.69. The van der Waals surface area contributed by atoms with Gasteiger partial charge < -0.3 is 15.0 Å². The van der Waals surface area contributed by atoms with E-state index in [4.69, 9.17) is 4.74 Å². The van der Waals surface area contributed by atoms with Crippen molar-refractivity contribution in [2.45, 2.75) is 19.3 Å². The van der Waals surface area contributed by atoms with Crippen LogP contribution >= 0.6 is 0 Å². The van der Waals surface area contributed by atoms with E-state index in [1.54, 1.807) is 0 Å². The SMILES string of the molecule is O=C(COC(=O)c1ccc[nH]c1=O)Nc1ccc2c(c1)CCC2. The molecule has 0 unspecified atom stereocenters. The first-order valence-corrected chi connectivity index (χ1v) is 7.40. The Morgan fingerprint density at radius 1 is 1.17 bits per heavy atom. The number of benzene rings is 1. The lowest BCUT2D eigenvalue weighted by Crippen LogP contribution is -2.24. The highest BCUT2D eigenvalue weighted by Crippen LogP contribution is 2.24. The number of fused-ring (bicyclic) bond motifs is 1. The van der Waals surface area contributed by atoms with Gasteiger partial charge in [0.05, 0.1) is 0 Å². The summed E-state index contributed by atoms with van der Waals surface area (Å²) in [6.45, 7) is -0.440. The summed E-state index contributed by atoms with van der Waals surface area (Å²) in [6, 6.07) is 8.66. The largest absolute Gasteiger partial charge is 0.452 e. The monoisotopic (exact) mass is 312 g/mol. The molecule has 0 spiro atoms. The Morgan fingerprint density at radius 2 is 2.00 bits per heavy atom. The number of carbonyl (C=O) groups is 2. The molecule has 1 aromatic carbocycles. The molecule has 118 valence electrons. The summed E-state index contributed by atoms with van der Waals surface area (Å²) in [5.41, 5.74) is 2.58.